The summed E-state index contributed by atoms with van der Waals surface area (Å²) in [6.07, 6.45) is -0.944. The van der Waals surface area contributed by atoms with Crippen molar-refractivity contribution in [3.05, 3.63) is 0 Å². The summed E-state index contributed by atoms with van der Waals surface area (Å²) < 4.78 is 0. The summed E-state index contributed by atoms with van der Waals surface area (Å²) >= 11 is 0. The van der Waals surface area contributed by atoms with Crippen LogP contribution in [-0.4, -0.2) is 23.5 Å². The molecule has 0 aliphatic heterocycles. The van der Waals surface area contributed by atoms with E-state index >= 15 is 0 Å². The minimum absolute atomic E-state index is 0. The number of hydrogen-bond acceptors (Lipinski definition) is 6. The van der Waals surface area contributed by atoms with E-state index in [0.717, 1.165) is 0 Å². The van der Waals surface area contributed by atoms with E-state index in [1.165, 1.54) is 13.8 Å². The molecule has 0 heterocycles. The molecule has 7 heteroatoms. The Balaban J connectivity index is -0.000000180. The number of carboxylic acids is 2. The molecule has 0 N–H and O–H groups in total. The first kappa shape index (κ1) is 19.7. The first-order valence-electron chi connectivity index (χ1n) is 3.64. The van der Waals surface area contributed by atoms with E-state index < -0.39 is 24.8 Å². The molecule has 0 saturated carbocycles. The Kier molecular flexibility index (Phi) is 14.8. The SMILES string of the molecule is CC(=O)CC(=O)[O-].CC(=O)CC(=O)[O-].[Zr+2]. The number of aliphatic carboxylic acids is 2. The van der Waals surface area contributed by atoms with Crippen LogP contribution < -0.4 is 10.2 Å². The molecule has 0 rings (SSSR count). The van der Waals surface area contributed by atoms with Crippen molar-refractivity contribution in [2.45, 2.75) is 26.7 Å². The number of carboxylic acid groups (broad SMARTS) is 2. The van der Waals surface area contributed by atoms with Gasteiger partial charge in [0, 0.05) is 24.8 Å². The summed E-state index contributed by atoms with van der Waals surface area (Å²) in [6.45, 7) is 2.41. The quantitative estimate of drug-likeness (QED) is 0.526. The number of rotatable bonds is 4. The zero-order valence-corrected chi connectivity index (χ0v) is 10.8. The van der Waals surface area contributed by atoms with E-state index in [1.807, 2.05) is 0 Å². The topological polar surface area (TPSA) is 114 Å². The average Bonchev–Trinajstić information content (AvgIpc) is 1.79. The third kappa shape index (κ3) is 32.0. The van der Waals surface area contributed by atoms with Crippen LogP contribution in [0.5, 0.6) is 0 Å². The van der Waals surface area contributed by atoms with Crippen LogP contribution >= 0.6 is 0 Å². The van der Waals surface area contributed by atoms with Crippen LogP contribution in [0.4, 0.5) is 0 Å². The van der Waals surface area contributed by atoms with Crippen LogP contribution in [0, 0.1) is 0 Å². The third-order valence-electron chi connectivity index (χ3n) is 0.787. The molecule has 0 fully saturated rings. The van der Waals surface area contributed by atoms with E-state index in [-0.39, 0.29) is 37.8 Å². The van der Waals surface area contributed by atoms with Gasteiger partial charge in [0.15, 0.2) is 0 Å². The Morgan fingerprint density at radius 1 is 0.800 bits per heavy atom. The molecule has 0 bridgehead atoms. The number of carbonyl (C=O) groups is 4. The number of Topliss-reactive ketones (excluding diaryl/α,β-unsaturated/α-hetero) is 2. The van der Waals surface area contributed by atoms with Crippen molar-refractivity contribution in [2.24, 2.45) is 0 Å². The van der Waals surface area contributed by atoms with E-state index in [2.05, 4.69) is 0 Å². The second kappa shape index (κ2) is 11.2. The van der Waals surface area contributed by atoms with E-state index in [1.54, 1.807) is 0 Å². The minimum Gasteiger partial charge on any atom is -0.550 e. The van der Waals surface area contributed by atoms with Crippen LogP contribution in [-0.2, 0) is 45.4 Å². The second-order valence-electron chi connectivity index (χ2n) is 2.50. The standard InChI is InChI=1S/2C4H6O3.Zr/c2*1-3(5)2-4(6)7;/h2*2H2,1H3,(H,6,7);/q;;+2/p-2. The van der Waals surface area contributed by atoms with Crippen LogP contribution in [0.15, 0.2) is 0 Å². The molecule has 0 amide bonds. The Labute approximate surface area is 106 Å². The van der Waals surface area contributed by atoms with E-state index in [9.17, 15) is 29.4 Å². The summed E-state index contributed by atoms with van der Waals surface area (Å²) in [5.74, 6) is -3.37. The van der Waals surface area contributed by atoms with Crippen LogP contribution in [0.2, 0.25) is 0 Å². The van der Waals surface area contributed by atoms with Crippen LogP contribution in [0.25, 0.3) is 0 Å². The van der Waals surface area contributed by atoms with Crippen molar-refractivity contribution in [1.82, 2.24) is 0 Å². The first-order valence-corrected chi connectivity index (χ1v) is 3.64. The minimum atomic E-state index is -1.31. The second-order valence-corrected chi connectivity index (χ2v) is 2.50. The summed E-state index contributed by atoms with van der Waals surface area (Å²) in [4.78, 5) is 38.6. The largest absolute Gasteiger partial charge is 2.00 e. The van der Waals surface area contributed by atoms with Gasteiger partial charge in [-0.3, -0.25) is 9.59 Å². The molecule has 0 aromatic carbocycles. The molecular weight excluding hydrogens is 283 g/mol. The summed E-state index contributed by atoms with van der Waals surface area (Å²) in [7, 11) is 0. The number of hydrogen-bond donors (Lipinski definition) is 0. The molecule has 0 spiro atoms. The Bertz CT molecular complexity index is 198. The summed E-state index contributed by atoms with van der Waals surface area (Å²) in [6, 6.07) is 0. The molecule has 0 aromatic heterocycles. The van der Waals surface area contributed by atoms with Crippen LogP contribution in [0.3, 0.4) is 0 Å². The molecule has 6 nitrogen and oxygen atoms in total. The zero-order valence-electron chi connectivity index (χ0n) is 8.36. The van der Waals surface area contributed by atoms with Crippen molar-refractivity contribution in [2.75, 3.05) is 0 Å². The monoisotopic (exact) mass is 292 g/mol. The molecule has 0 unspecified atom stereocenters. The zero-order chi connectivity index (χ0) is 11.7. The maximum absolute atomic E-state index is 9.83. The van der Waals surface area contributed by atoms with Gasteiger partial charge in [0.2, 0.25) is 0 Å². The van der Waals surface area contributed by atoms with Gasteiger partial charge in [0.05, 0.1) is 0 Å². The van der Waals surface area contributed by atoms with Crippen molar-refractivity contribution in [3.8, 4) is 0 Å². The number of ketones is 2. The van der Waals surface area contributed by atoms with Gasteiger partial charge in [-0.05, 0) is 13.8 Å². The number of carbonyl (C=O) groups excluding carboxylic acids is 4. The predicted molar refractivity (Wildman–Crippen MR) is 40.6 cm³/mol. The van der Waals surface area contributed by atoms with Gasteiger partial charge in [-0.1, -0.05) is 0 Å². The Morgan fingerprint density at radius 2 is 1.00 bits per heavy atom. The molecule has 15 heavy (non-hydrogen) atoms. The fourth-order valence-corrected chi connectivity index (χ4v) is 0.407. The molecule has 0 saturated heterocycles. The molecular formula is C8H10O6Zr. The van der Waals surface area contributed by atoms with E-state index in [0.29, 0.717) is 0 Å². The smallest absolute Gasteiger partial charge is 0.550 e. The van der Waals surface area contributed by atoms with Crippen molar-refractivity contribution < 1.29 is 55.6 Å². The predicted octanol–water partition coefficient (Wildman–Crippen LogP) is -2.57. The van der Waals surface area contributed by atoms with Crippen molar-refractivity contribution >= 4 is 23.5 Å². The maximum atomic E-state index is 9.83. The Morgan fingerprint density at radius 3 is 1.00 bits per heavy atom. The van der Waals surface area contributed by atoms with Gasteiger partial charge in [0.25, 0.3) is 0 Å². The van der Waals surface area contributed by atoms with Crippen LogP contribution in [0.1, 0.15) is 26.7 Å². The normalized spacial score (nSPS) is 7.60. The van der Waals surface area contributed by atoms with Crippen molar-refractivity contribution in [1.29, 1.82) is 0 Å². The third-order valence-corrected chi connectivity index (χ3v) is 0.787. The summed E-state index contributed by atoms with van der Waals surface area (Å²) in [5.41, 5.74) is 0. The molecule has 0 aromatic rings. The van der Waals surface area contributed by atoms with Gasteiger partial charge in [-0.25, -0.2) is 0 Å². The van der Waals surface area contributed by atoms with Gasteiger partial charge in [-0.2, -0.15) is 0 Å². The maximum Gasteiger partial charge on any atom is 2.00 e. The fourth-order valence-electron chi connectivity index (χ4n) is 0.407. The molecule has 0 atom stereocenters. The van der Waals surface area contributed by atoms with E-state index in [4.69, 9.17) is 0 Å². The van der Waals surface area contributed by atoms with Crippen molar-refractivity contribution in [3.63, 3.8) is 0 Å². The average molecular weight is 293 g/mol. The van der Waals surface area contributed by atoms with Gasteiger partial charge >= 0.3 is 26.2 Å². The molecule has 0 aliphatic carbocycles. The first-order chi connectivity index (χ1) is 6.25. The molecule has 82 valence electrons. The molecule has 0 aliphatic rings. The van der Waals surface area contributed by atoms with Gasteiger partial charge < -0.3 is 19.8 Å². The molecule has 0 radical (unpaired) electrons. The Hall–Kier alpha value is -0.837. The fraction of sp³-hybridized carbons (Fsp3) is 0.500. The van der Waals surface area contributed by atoms with Gasteiger partial charge in [0.1, 0.15) is 11.6 Å². The summed E-state index contributed by atoms with van der Waals surface area (Å²) in [5, 5.41) is 19.0. The van der Waals surface area contributed by atoms with Gasteiger partial charge in [-0.15, -0.1) is 0 Å².